The Morgan fingerprint density at radius 3 is 2.16 bits per heavy atom. The third kappa shape index (κ3) is 6.11. The minimum Gasteiger partial charge on any atom is -0.407 e. The molecule has 3 aromatic rings. The summed E-state index contributed by atoms with van der Waals surface area (Å²) < 4.78 is 17.6. The van der Waals surface area contributed by atoms with Crippen molar-refractivity contribution in [1.82, 2.24) is 5.32 Å². The summed E-state index contributed by atoms with van der Waals surface area (Å²) in [6.07, 6.45) is -0.846. The average molecular weight is 620 g/mol. The van der Waals surface area contributed by atoms with Gasteiger partial charge in [-0.3, -0.25) is 9.59 Å². The molecule has 38 heavy (non-hydrogen) atoms. The average Bonchev–Trinajstić information content (AvgIpc) is 3.43. The zero-order valence-corrected chi connectivity index (χ0v) is 23.0. The highest BCUT2D eigenvalue weighted by Gasteiger charge is 2.67. The van der Waals surface area contributed by atoms with Crippen LogP contribution in [-0.2, 0) is 4.79 Å². The van der Waals surface area contributed by atoms with Crippen molar-refractivity contribution in [3.8, 4) is 5.75 Å². The lowest BCUT2D eigenvalue weighted by Gasteiger charge is -2.11. The smallest absolute Gasteiger partial charge is 0.407 e. The van der Waals surface area contributed by atoms with Crippen LogP contribution in [0.2, 0.25) is 15.1 Å². The van der Waals surface area contributed by atoms with Gasteiger partial charge < -0.3 is 20.7 Å². The Morgan fingerprint density at radius 1 is 0.895 bits per heavy atom. The van der Waals surface area contributed by atoms with Gasteiger partial charge in [-0.1, -0.05) is 34.8 Å². The zero-order chi connectivity index (χ0) is 27.8. The number of anilines is 2. The molecule has 0 saturated heterocycles. The minimum atomic E-state index is -1.39. The molecule has 1 fully saturated rings. The van der Waals surface area contributed by atoms with E-state index in [0.717, 1.165) is 6.07 Å². The summed E-state index contributed by atoms with van der Waals surface area (Å²) in [5, 5.41) is 8.23. The summed E-state index contributed by atoms with van der Waals surface area (Å²) >= 11 is 31.1. The van der Waals surface area contributed by atoms with Crippen LogP contribution in [0.5, 0.6) is 5.75 Å². The summed E-state index contributed by atoms with van der Waals surface area (Å²) in [5.41, 5.74) is 0.955. The number of rotatable bonds is 6. The first-order valence-corrected chi connectivity index (χ1v) is 12.7. The molecule has 2 unspecified atom stereocenters. The van der Waals surface area contributed by atoms with E-state index in [1.54, 1.807) is 18.2 Å². The van der Waals surface area contributed by atoms with Crippen LogP contribution in [0, 0.1) is 11.7 Å². The first-order chi connectivity index (χ1) is 17.9. The van der Waals surface area contributed by atoms with Crippen LogP contribution in [0.25, 0.3) is 0 Å². The Kier molecular flexibility index (Phi) is 8.30. The lowest BCUT2D eigenvalue weighted by atomic mass is 10.1. The number of carbonyl (C=O) groups excluding carboxylic acids is 3. The van der Waals surface area contributed by atoms with Crippen LogP contribution in [-0.4, -0.2) is 29.3 Å². The summed E-state index contributed by atoms with van der Waals surface area (Å²) in [7, 11) is 1.33. The Hall–Kier alpha value is -2.75. The molecule has 2 atom stereocenters. The standard InChI is InChI=1S/C25H17Cl5FN3O4/c1-32-24(37)38-19-5-3-15(10-18(19)31)33-22(35)16-9-14(2-4-17(16)28)34-23(36)21-20(25(21,29)30)11-6-12(26)8-13(27)7-11/h2-10,20-21H,1H3,(H,32,37)(H,33,35)(H,34,36). The summed E-state index contributed by atoms with van der Waals surface area (Å²) in [5.74, 6) is -3.72. The predicted octanol–water partition coefficient (Wildman–Crippen LogP) is 7.28. The van der Waals surface area contributed by atoms with Crippen molar-refractivity contribution in [2.75, 3.05) is 17.7 Å². The maximum atomic E-state index is 14.3. The number of hydrogen-bond acceptors (Lipinski definition) is 4. The lowest BCUT2D eigenvalue weighted by Crippen LogP contribution is -2.22. The van der Waals surface area contributed by atoms with Crippen LogP contribution >= 0.6 is 58.0 Å². The number of nitrogens with one attached hydrogen (secondary N) is 3. The monoisotopic (exact) mass is 617 g/mol. The third-order valence-electron chi connectivity index (χ3n) is 5.66. The molecule has 3 amide bonds. The van der Waals surface area contributed by atoms with E-state index in [4.69, 9.17) is 62.7 Å². The number of amides is 3. The van der Waals surface area contributed by atoms with Gasteiger partial charge in [0.1, 0.15) is 4.33 Å². The first-order valence-electron chi connectivity index (χ1n) is 10.9. The van der Waals surface area contributed by atoms with Gasteiger partial charge in [0.15, 0.2) is 11.6 Å². The quantitative estimate of drug-likeness (QED) is 0.253. The molecule has 4 rings (SSSR count). The highest BCUT2D eigenvalue weighted by Crippen LogP contribution is 2.65. The van der Waals surface area contributed by atoms with Crippen molar-refractivity contribution in [2.45, 2.75) is 10.3 Å². The molecular formula is C25H17Cl5FN3O4. The Morgan fingerprint density at radius 2 is 1.53 bits per heavy atom. The molecule has 0 bridgehead atoms. The number of alkyl halides is 2. The molecule has 0 heterocycles. The number of benzene rings is 3. The summed E-state index contributed by atoms with van der Waals surface area (Å²) in [6, 6.07) is 12.6. The Labute approximate surface area is 241 Å². The van der Waals surface area contributed by atoms with Crippen molar-refractivity contribution in [3.05, 3.63) is 86.6 Å². The minimum absolute atomic E-state index is 0.00698. The van der Waals surface area contributed by atoms with Crippen molar-refractivity contribution in [3.63, 3.8) is 0 Å². The van der Waals surface area contributed by atoms with E-state index >= 15 is 0 Å². The Bertz CT molecular complexity index is 1430. The molecule has 1 saturated carbocycles. The SMILES string of the molecule is CNC(=O)Oc1ccc(NC(=O)c2cc(NC(=O)C3C(c4cc(Cl)cc(Cl)c4)C3(Cl)Cl)ccc2Cl)cc1F. The van der Waals surface area contributed by atoms with Gasteiger partial charge in [-0.15, -0.1) is 23.2 Å². The normalized spacial score (nSPS) is 17.3. The second-order valence-corrected chi connectivity index (χ2v) is 11.0. The van der Waals surface area contributed by atoms with E-state index in [1.807, 2.05) is 0 Å². The molecule has 0 spiro atoms. The second-order valence-electron chi connectivity index (χ2n) is 8.26. The van der Waals surface area contributed by atoms with Gasteiger partial charge in [-0.25, -0.2) is 9.18 Å². The lowest BCUT2D eigenvalue weighted by molar-refractivity contribution is -0.117. The van der Waals surface area contributed by atoms with Crippen LogP contribution in [0.4, 0.5) is 20.6 Å². The fraction of sp³-hybridized carbons (Fsp3) is 0.160. The van der Waals surface area contributed by atoms with Crippen molar-refractivity contribution >= 4 is 87.3 Å². The van der Waals surface area contributed by atoms with E-state index < -0.39 is 39.9 Å². The fourth-order valence-electron chi connectivity index (χ4n) is 3.83. The van der Waals surface area contributed by atoms with Crippen LogP contribution in [0.1, 0.15) is 21.8 Å². The number of ether oxygens (including phenoxy) is 1. The Balaban J connectivity index is 1.47. The molecule has 1 aliphatic rings. The summed E-state index contributed by atoms with van der Waals surface area (Å²) in [6.45, 7) is 0. The van der Waals surface area contributed by atoms with E-state index in [-0.39, 0.29) is 27.7 Å². The highest BCUT2D eigenvalue weighted by atomic mass is 35.5. The van der Waals surface area contributed by atoms with Gasteiger partial charge in [0.2, 0.25) is 5.91 Å². The zero-order valence-electron chi connectivity index (χ0n) is 19.3. The molecule has 0 aliphatic heterocycles. The van der Waals surface area contributed by atoms with Crippen molar-refractivity contribution < 1.29 is 23.5 Å². The third-order valence-corrected chi connectivity index (χ3v) is 7.36. The largest absolute Gasteiger partial charge is 0.412 e. The van der Waals surface area contributed by atoms with Gasteiger partial charge in [0.05, 0.1) is 16.5 Å². The molecule has 7 nitrogen and oxygen atoms in total. The molecule has 0 aromatic heterocycles. The summed E-state index contributed by atoms with van der Waals surface area (Å²) in [4.78, 5) is 37.1. The maximum absolute atomic E-state index is 14.3. The fourth-order valence-corrected chi connectivity index (χ4v) is 5.40. The predicted molar refractivity (Wildman–Crippen MR) is 147 cm³/mol. The van der Waals surface area contributed by atoms with Crippen molar-refractivity contribution in [2.24, 2.45) is 5.92 Å². The van der Waals surface area contributed by atoms with E-state index in [0.29, 0.717) is 15.6 Å². The number of halogens is 6. The van der Waals surface area contributed by atoms with Crippen molar-refractivity contribution in [1.29, 1.82) is 0 Å². The van der Waals surface area contributed by atoms with Crippen LogP contribution in [0.15, 0.2) is 54.6 Å². The van der Waals surface area contributed by atoms with Gasteiger partial charge in [0.25, 0.3) is 5.91 Å². The number of carbonyl (C=O) groups is 3. The van der Waals surface area contributed by atoms with Crippen LogP contribution < -0.4 is 20.7 Å². The van der Waals surface area contributed by atoms with Gasteiger partial charge in [0, 0.05) is 40.5 Å². The molecule has 13 heteroatoms. The van der Waals surface area contributed by atoms with E-state index in [9.17, 15) is 18.8 Å². The molecule has 3 N–H and O–H groups in total. The highest BCUT2D eigenvalue weighted by molar-refractivity contribution is 6.53. The van der Waals surface area contributed by atoms with E-state index in [2.05, 4.69) is 16.0 Å². The second kappa shape index (κ2) is 11.2. The molecular weight excluding hydrogens is 603 g/mol. The molecule has 1 aliphatic carbocycles. The first kappa shape index (κ1) is 28.3. The van der Waals surface area contributed by atoms with E-state index in [1.165, 1.54) is 37.4 Å². The topological polar surface area (TPSA) is 96.5 Å². The molecule has 0 radical (unpaired) electrons. The maximum Gasteiger partial charge on any atom is 0.412 e. The van der Waals surface area contributed by atoms with Gasteiger partial charge in [-0.05, 0) is 54.1 Å². The molecule has 198 valence electrons. The number of hydrogen-bond donors (Lipinski definition) is 3. The van der Waals surface area contributed by atoms with Gasteiger partial charge >= 0.3 is 6.09 Å². The van der Waals surface area contributed by atoms with Gasteiger partial charge in [-0.2, -0.15) is 0 Å². The molecule has 3 aromatic carbocycles. The van der Waals surface area contributed by atoms with Crippen LogP contribution in [0.3, 0.4) is 0 Å².